The van der Waals surface area contributed by atoms with E-state index in [9.17, 15) is 4.79 Å². The summed E-state index contributed by atoms with van der Waals surface area (Å²) in [4.78, 5) is 14.8. The van der Waals surface area contributed by atoms with Crippen LogP contribution in [0.2, 0.25) is 0 Å². The van der Waals surface area contributed by atoms with Gasteiger partial charge >= 0.3 is 5.97 Å². The van der Waals surface area contributed by atoms with Gasteiger partial charge in [0.05, 0.1) is 5.56 Å². The van der Waals surface area contributed by atoms with Crippen molar-refractivity contribution in [3.05, 3.63) is 40.6 Å². The molecule has 70 valence electrons. The lowest BCUT2D eigenvalue weighted by atomic mass is 10.1. The van der Waals surface area contributed by atoms with Crippen LogP contribution in [0.3, 0.4) is 0 Å². The van der Waals surface area contributed by atoms with E-state index in [1.807, 2.05) is 6.07 Å². The Kier molecular flexibility index (Phi) is 2.21. The van der Waals surface area contributed by atoms with E-state index in [2.05, 4.69) is 20.9 Å². The topological polar surface area (TPSA) is 50.2 Å². The van der Waals surface area contributed by atoms with Crippen molar-refractivity contribution in [2.45, 2.75) is 0 Å². The summed E-state index contributed by atoms with van der Waals surface area (Å²) in [6.45, 7) is 0. The lowest BCUT2D eigenvalue weighted by molar-refractivity contribution is 0.0697. The van der Waals surface area contributed by atoms with Gasteiger partial charge in [-0.1, -0.05) is 6.07 Å². The molecule has 1 aromatic carbocycles. The molecule has 0 radical (unpaired) electrons. The molecule has 0 aliphatic heterocycles. The summed E-state index contributed by atoms with van der Waals surface area (Å²) >= 11 is 3.28. The molecule has 0 bridgehead atoms. The monoisotopic (exact) mass is 251 g/mol. The number of pyridine rings is 1. The molecule has 0 amide bonds. The van der Waals surface area contributed by atoms with E-state index in [0.717, 1.165) is 10.8 Å². The Bertz CT molecular complexity index is 510. The van der Waals surface area contributed by atoms with Crippen LogP contribution in [0, 0.1) is 0 Å². The molecule has 3 nitrogen and oxygen atoms in total. The van der Waals surface area contributed by atoms with Gasteiger partial charge in [-0.15, -0.1) is 0 Å². The molecule has 0 aliphatic carbocycles. The Labute approximate surface area is 88.5 Å². The summed E-state index contributed by atoms with van der Waals surface area (Å²) < 4.78 is 0.665. The van der Waals surface area contributed by atoms with Gasteiger partial charge in [-0.3, -0.25) is 0 Å². The molecule has 0 saturated heterocycles. The lowest BCUT2D eigenvalue weighted by Crippen LogP contribution is -1.95. The summed E-state index contributed by atoms with van der Waals surface area (Å²) in [7, 11) is 0. The van der Waals surface area contributed by atoms with Crippen molar-refractivity contribution in [3.63, 3.8) is 0 Å². The average Bonchev–Trinajstić information content (AvgIpc) is 2.18. The molecule has 0 unspecified atom stereocenters. The number of aromatic nitrogens is 1. The molecule has 2 rings (SSSR count). The fourth-order valence-corrected chi connectivity index (χ4v) is 1.73. The molecule has 1 N–H and O–H groups in total. The van der Waals surface area contributed by atoms with Crippen LogP contribution in [0.25, 0.3) is 10.8 Å². The Morgan fingerprint density at radius 3 is 2.86 bits per heavy atom. The van der Waals surface area contributed by atoms with E-state index in [0.29, 0.717) is 4.60 Å². The number of carbonyl (C=O) groups is 1. The standard InChI is InChI=1S/C10H6BrNO2/c11-9-8-5-7(10(13)14)2-1-6(8)3-4-12-9/h1-5H,(H,13,14). The number of carboxylic acids is 1. The van der Waals surface area contributed by atoms with Crippen molar-refractivity contribution >= 4 is 32.7 Å². The van der Waals surface area contributed by atoms with Crippen LogP contribution >= 0.6 is 15.9 Å². The molecule has 2 aromatic rings. The van der Waals surface area contributed by atoms with Crippen LogP contribution in [0.5, 0.6) is 0 Å². The molecule has 4 heteroatoms. The minimum absolute atomic E-state index is 0.270. The molecule has 1 heterocycles. The normalized spacial score (nSPS) is 10.4. The zero-order chi connectivity index (χ0) is 10.1. The van der Waals surface area contributed by atoms with Crippen molar-refractivity contribution in [1.82, 2.24) is 4.98 Å². The Hall–Kier alpha value is -1.42. The summed E-state index contributed by atoms with van der Waals surface area (Å²) in [5, 5.41) is 10.6. The van der Waals surface area contributed by atoms with Crippen molar-refractivity contribution in [3.8, 4) is 0 Å². The number of hydrogen-bond donors (Lipinski definition) is 1. The third-order valence-corrected chi connectivity index (χ3v) is 2.60. The molecule has 1 aromatic heterocycles. The van der Waals surface area contributed by atoms with Crippen LogP contribution < -0.4 is 0 Å². The first kappa shape index (κ1) is 9.15. The van der Waals surface area contributed by atoms with Crippen LogP contribution in [-0.2, 0) is 0 Å². The van der Waals surface area contributed by atoms with Crippen molar-refractivity contribution in [2.24, 2.45) is 0 Å². The average molecular weight is 252 g/mol. The number of rotatable bonds is 1. The van der Waals surface area contributed by atoms with Crippen molar-refractivity contribution in [2.75, 3.05) is 0 Å². The number of fused-ring (bicyclic) bond motifs is 1. The number of hydrogen-bond acceptors (Lipinski definition) is 2. The largest absolute Gasteiger partial charge is 0.478 e. The third kappa shape index (κ3) is 1.48. The summed E-state index contributed by atoms with van der Waals surface area (Å²) in [5.41, 5.74) is 0.270. The lowest BCUT2D eigenvalue weighted by Gasteiger charge is -2.00. The summed E-state index contributed by atoms with van der Waals surface area (Å²) in [5.74, 6) is -0.928. The predicted molar refractivity (Wildman–Crippen MR) is 56.4 cm³/mol. The maximum Gasteiger partial charge on any atom is 0.335 e. The third-order valence-electron chi connectivity index (χ3n) is 1.96. The van der Waals surface area contributed by atoms with Gasteiger partial charge in [-0.25, -0.2) is 9.78 Å². The van der Waals surface area contributed by atoms with Crippen LogP contribution in [0.4, 0.5) is 0 Å². The number of aromatic carboxylic acids is 1. The van der Waals surface area contributed by atoms with E-state index in [-0.39, 0.29) is 5.56 Å². The first-order valence-electron chi connectivity index (χ1n) is 3.96. The smallest absolute Gasteiger partial charge is 0.335 e. The maximum absolute atomic E-state index is 10.7. The van der Waals surface area contributed by atoms with Crippen molar-refractivity contribution in [1.29, 1.82) is 0 Å². The van der Waals surface area contributed by atoms with Gasteiger partial charge < -0.3 is 5.11 Å². The van der Waals surface area contributed by atoms with Gasteiger partial charge in [0.15, 0.2) is 0 Å². The summed E-state index contributed by atoms with van der Waals surface area (Å²) in [6, 6.07) is 6.79. The predicted octanol–water partition coefficient (Wildman–Crippen LogP) is 2.70. The first-order chi connectivity index (χ1) is 6.68. The second kappa shape index (κ2) is 3.38. The molecule has 0 spiro atoms. The first-order valence-corrected chi connectivity index (χ1v) is 4.75. The van der Waals surface area contributed by atoms with E-state index >= 15 is 0 Å². The molecule has 0 fully saturated rings. The maximum atomic E-state index is 10.7. The van der Waals surface area contributed by atoms with E-state index < -0.39 is 5.97 Å². The number of carboxylic acid groups (broad SMARTS) is 1. The minimum Gasteiger partial charge on any atom is -0.478 e. The molecule has 0 aliphatic rings. The van der Waals surface area contributed by atoms with Crippen LogP contribution in [0.1, 0.15) is 10.4 Å². The van der Waals surface area contributed by atoms with Gasteiger partial charge in [0, 0.05) is 11.6 Å². The quantitative estimate of drug-likeness (QED) is 0.794. The second-order valence-electron chi connectivity index (χ2n) is 2.84. The van der Waals surface area contributed by atoms with Gasteiger partial charge in [0.25, 0.3) is 0 Å². The Morgan fingerprint density at radius 2 is 2.14 bits per heavy atom. The number of halogens is 1. The van der Waals surface area contributed by atoms with Gasteiger partial charge in [-0.05, 0) is 39.5 Å². The summed E-state index contributed by atoms with van der Waals surface area (Å²) in [6.07, 6.45) is 1.67. The van der Waals surface area contributed by atoms with Gasteiger partial charge in [-0.2, -0.15) is 0 Å². The van der Waals surface area contributed by atoms with E-state index in [1.54, 1.807) is 24.4 Å². The van der Waals surface area contributed by atoms with E-state index in [4.69, 9.17) is 5.11 Å². The fraction of sp³-hybridized carbons (Fsp3) is 0. The fourth-order valence-electron chi connectivity index (χ4n) is 1.27. The molecule has 14 heavy (non-hydrogen) atoms. The molecule has 0 atom stereocenters. The van der Waals surface area contributed by atoms with Gasteiger partial charge in [0.2, 0.25) is 0 Å². The van der Waals surface area contributed by atoms with Crippen LogP contribution in [0.15, 0.2) is 35.1 Å². The minimum atomic E-state index is -0.928. The molecule has 0 saturated carbocycles. The molecular formula is C10H6BrNO2. The Morgan fingerprint density at radius 1 is 1.36 bits per heavy atom. The van der Waals surface area contributed by atoms with Crippen molar-refractivity contribution < 1.29 is 9.90 Å². The number of benzene rings is 1. The zero-order valence-electron chi connectivity index (χ0n) is 7.07. The highest BCUT2D eigenvalue weighted by atomic mass is 79.9. The molecular weight excluding hydrogens is 246 g/mol. The number of nitrogens with zero attached hydrogens (tertiary/aromatic N) is 1. The van der Waals surface area contributed by atoms with Gasteiger partial charge in [0.1, 0.15) is 4.60 Å². The SMILES string of the molecule is O=C(O)c1ccc2ccnc(Br)c2c1. The zero-order valence-corrected chi connectivity index (χ0v) is 8.65. The Balaban J connectivity index is 2.76. The highest BCUT2D eigenvalue weighted by molar-refractivity contribution is 9.10. The van der Waals surface area contributed by atoms with E-state index in [1.165, 1.54) is 0 Å². The second-order valence-corrected chi connectivity index (χ2v) is 3.59. The highest BCUT2D eigenvalue weighted by Crippen LogP contribution is 2.22. The highest BCUT2D eigenvalue weighted by Gasteiger charge is 2.05. The van der Waals surface area contributed by atoms with Crippen LogP contribution in [-0.4, -0.2) is 16.1 Å².